The molecular weight excluding hydrogens is 627 g/mol. The second-order valence-corrected chi connectivity index (χ2v) is 10.3. The molecule has 0 unspecified atom stereocenters. The van der Waals surface area contributed by atoms with Crippen molar-refractivity contribution in [3.63, 3.8) is 0 Å². The van der Waals surface area contributed by atoms with Crippen molar-refractivity contribution in [1.29, 1.82) is 5.41 Å². The number of carbonyl (C=O) groups is 2. The molecule has 0 aliphatic rings. The zero-order valence-corrected chi connectivity index (χ0v) is 27.4. The van der Waals surface area contributed by atoms with Gasteiger partial charge in [0.2, 0.25) is 5.90 Å². The van der Waals surface area contributed by atoms with E-state index >= 15 is 0 Å². The van der Waals surface area contributed by atoms with Gasteiger partial charge in [0.05, 0.1) is 42.7 Å². The Labute approximate surface area is 277 Å². The van der Waals surface area contributed by atoms with Gasteiger partial charge < -0.3 is 30.0 Å². The molecule has 0 fully saturated rings. The van der Waals surface area contributed by atoms with Gasteiger partial charge in [-0.2, -0.15) is 13.2 Å². The van der Waals surface area contributed by atoms with Gasteiger partial charge >= 0.3 is 12.1 Å². The van der Waals surface area contributed by atoms with Crippen LogP contribution in [0.1, 0.15) is 39.7 Å². The van der Waals surface area contributed by atoms with E-state index in [1.807, 2.05) is 0 Å². The van der Waals surface area contributed by atoms with Crippen LogP contribution < -0.4 is 30.5 Å². The summed E-state index contributed by atoms with van der Waals surface area (Å²) in [5, 5.41) is 24.3. The molecule has 0 aromatic heterocycles. The van der Waals surface area contributed by atoms with Crippen LogP contribution >= 0.6 is 0 Å². The zero-order chi connectivity index (χ0) is 35.9. The normalized spacial score (nSPS) is 13.3. The Morgan fingerprint density at radius 2 is 1.83 bits per heavy atom. The number of halogens is 3. The summed E-state index contributed by atoms with van der Waals surface area (Å²) in [7, 11) is 1.53. The van der Waals surface area contributed by atoms with Crippen LogP contribution in [0, 0.1) is 5.41 Å². The number of benzene rings is 2. The SMILES string of the molecule is C=c1cc(OC)cc/c1=C/C(=C\C)C(=C/Nc1cc(C(F)(F)F)ccc1OC(C)C)/C(=N)O/C=C/C=C(\C=C/C)C(=O)NCCC(=O)O. The first-order valence-corrected chi connectivity index (χ1v) is 14.8. The third-order valence-electron chi connectivity index (χ3n) is 6.34. The Morgan fingerprint density at radius 1 is 1.10 bits per heavy atom. The highest BCUT2D eigenvalue weighted by atomic mass is 19.4. The Balaban J connectivity index is 2.55. The van der Waals surface area contributed by atoms with E-state index in [0.29, 0.717) is 21.8 Å². The second-order valence-electron chi connectivity index (χ2n) is 10.3. The monoisotopic (exact) mass is 667 g/mol. The van der Waals surface area contributed by atoms with Gasteiger partial charge in [0.1, 0.15) is 11.5 Å². The summed E-state index contributed by atoms with van der Waals surface area (Å²) in [5.74, 6) is -1.17. The van der Waals surface area contributed by atoms with Crippen LogP contribution in [0.4, 0.5) is 18.9 Å². The first-order chi connectivity index (χ1) is 22.7. The van der Waals surface area contributed by atoms with Crippen molar-refractivity contribution in [1.82, 2.24) is 5.32 Å². The number of amides is 1. The minimum Gasteiger partial charge on any atom is -0.497 e. The highest BCUT2D eigenvalue weighted by Gasteiger charge is 2.31. The predicted molar refractivity (Wildman–Crippen MR) is 181 cm³/mol. The number of rotatable bonds is 15. The van der Waals surface area contributed by atoms with Crippen molar-refractivity contribution < 1.29 is 42.1 Å². The van der Waals surface area contributed by atoms with E-state index in [0.717, 1.165) is 18.4 Å². The molecule has 0 saturated heterocycles. The summed E-state index contributed by atoms with van der Waals surface area (Å²) in [6, 6.07) is 8.32. The maximum absolute atomic E-state index is 13.6. The molecule has 0 saturated carbocycles. The Hall–Kier alpha value is -5.52. The number of allylic oxidation sites excluding steroid dienone is 4. The smallest absolute Gasteiger partial charge is 0.416 e. The lowest BCUT2D eigenvalue weighted by molar-refractivity contribution is -0.138. The van der Waals surface area contributed by atoms with Gasteiger partial charge in [0.15, 0.2) is 0 Å². The fourth-order valence-electron chi connectivity index (χ4n) is 4.02. The molecule has 1 amide bonds. The summed E-state index contributed by atoms with van der Waals surface area (Å²) in [5.41, 5.74) is -0.0331. The number of methoxy groups -OCH3 is 1. The number of alkyl halides is 3. The molecule has 0 radical (unpaired) electrons. The minimum atomic E-state index is -4.60. The van der Waals surface area contributed by atoms with E-state index in [-0.39, 0.29) is 47.6 Å². The van der Waals surface area contributed by atoms with Crippen molar-refractivity contribution in [2.75, 3.05) is 19.0 Å². The van der Waals surface area contributed by atoms with Crippen molar-refractivity contribution in [3.05, 3.63) is 112 Å². The molecule has 4 N–H and O–H groups in total. The van der Waals surface area contributed by atoms with Crippen molar-refractivity contribution in [2.45, 2.75) is 46.4 Å². The average molecular weight is 668 g/mol. The number of ether oxygens (including phenoxy) is 3. The predicted octanol–water partition coefficient (Wildman–Crippen LogP) is 6.24. The number of carboxylic acid groups (broad SMARTS) is 1. The number of aliphatic carboxylic acids is 1. The van der Waals surface area contributed by atoms with Crippen molar-refractivity contribution in [2.24, 2.45) is 0 Å². The largest absolute Gasteiger partial charge is 0.497 e. The van der Waals surface area contributed by atoms with Crippen LogP contribution in [0.2, 0.25) is 0 Å². The minimum absolute atomic E-state index is 0.0185. The van der Waals surface area contributed by atoms with Crippen LogP contribution in [0.3, 0.4) is 0 Å². The van der Waals surface area contributed by atoms with Gasteiger partial charge in [-0.05, 0) is 92.3 Å². The summed E-state index contributed by atoms with van der Waals surface area (Å²) >= 11 is 0. The molecule has 12 heteroatoms. The molecule has 0 spiro atoms. The molecule has 0 heterocycles. The molecule has 2 aromatic rings. The molecular formula is C36H40F3N3O6. The average Bonchev–Trinajstić information content (AvgIpc) is 3.02. The zero-order valence-electron chi connectivity index (χ0n) is 27.4. The molecule has 256 valence electrons. The Kier molecular flexibility index (Phi) is 15.0. The Bertz CT molecular complexity index is 1740. The third-order valence-corrected chi connectivity index (χ3v) is 6.34. The third kappa shape index (κ3) is 12.3. The molecule has 9 nitrogen and oxygen atoms in total. The van der Waals surface area contributed by atoms with Crippen LogP contribution in [-0.2, 0) is 20.5 Å². The first-order valence-electron chi connectivity index (χ1n) is 14.8. The van der Waals surface area contributed by atoms with Gasteiger partial charge in [-0.1, -0.05) is 30.9 Å². The van der Waals surface area contributed by atoms with Crippen LogP contribution in [0.5, 0.6) is 11.5 Å². The van der Waals surface area contributed by atoms with Gasteiger partial charge in [0, 0.05) is 18.3 Å². The quantitative estimate of drug-likeness (QED) is 0.0582. The molecule has 0 aliphatic heterocycles. The van der Waals surface area contributed by atoms with E-state index in [9.17, 15) is 22.8 Å². The van der Waals surface area contributed by atoms with E-state index in [1.165, 1.54) is 37.6 Å². The van der Waals surface area contributed by atoms with Crippen LogP contribution in [0.15, 0.2) is 96.0 Å². The van der Waals surface area contributed by atoms with Gasteiger partial charge in [-0.15, -0.1) is 0 Å². The van der Waals surface area contributed by atoms with E-state index in [4.69, 9.17) is 24.7 Å². The fraction of sp³-hybridized carbons (Fsp3) is 0.250. The second kappa shape index (κ2) is 18.6. The maximum Gasteiger partial charge on any atom is 0.416 e. The highest BCUT2D eigenvalue weighted by Crippen LogP contribution is 2.35. The number of hydrogen-bond acceptors (Lipinski definition) is 7. The van der Waals surface area contributed by atoms with Crippen LogP contribution in [0.25, 0.3) is 12.7 Å². The number of carboxylic acids is 1. The summed E-state index contributed by atoms with van der Waals surface area (Å²) in [6.45, 7) is 10.9. The molecule has 2 aromatic carbocycles. The van der Waals surface area contributed by atoms with Gasteiger partial charge in [0.25, 0.3) is 5.91 Å². The lowest BCUT2D eigenvalue weighted by Crippen LogP contribution is -2.26. The number of hydrogen-bond donors (Lipinski definition) is 4. The highest BCUT2D eigenvalue weighted by molar-refractivity contribution is 5.99. The van der Waals surface area contributed by atoms with E-state index < -0.39 is 23.6 Å². The number of carbonyl (C=O) groups excluding carboxylic acids is 1. The van der Waals surface area contributed by atoms with Crippen molar-refractivity contribution in [3.8, 4) is 11.5 Å². The van der Waals surface area contributed by atoms with Crippen molar-refractivity contribution >= 4 is 36.1 Å². The number of anilines is 1. The topological polar surface area (TPSA) is 130 Å². The van der Waals surface area contributed by atoms with E-state index in [1.54, 1.807) is 64.1 Å². The maximum atomic E-state index is 13.6. The first kappa shape index (κ1) is 38.7. The van der Waals surface area contributed by atoms with Crippen LogP contribution in [-0.4, -0.2) is 42.6 Å². The Morgan fingerprint density at radius 3 is 2.42 bits per heavy atom. The molecule has 2 rings (SSSR count). The lowest BCUT2D eigenvalue weighted by atomic mass is 10.0. The lowest BCUT2D eigenvalue weighted by Gasteiger charge is -2.17. The standard InChI is InChI=1S/C36H40F3N3O6/c1-7-10-26(35(45)41-17-16-33(43)44)11-9-18-47-34(40)30(25(8-2)20-27-12-14-29(46-6)19-24(27)5)22-42-31-21-28(36(37,38)39)13-15-32(31)48-23(3)4/h7-15,18-23,40,42H,5,16-17H2,1-4,6H3,(H,41,45)(H,43,44)/b10-7-,18-9+,25-8+,26-11+,27-20-,30-22-,40-34?. The number of nitrogens with one attached hydrogen (secondary N) is 3. The van der Waals surface area contributed by atoms with E-state index in [2.05, 4.69) is 17.2 Å². The summed E-state index contributed by atoms with van der Waals surface area (Å²) in [6.07, 6.45) is 6.70. The summed E-state index contributed by atoms with van der Waals surface area (Å²) in [4.78, 5) is 23.2. The fourth-order valence-corrected chi connectivity index (χ4v) is 4.02. The van der Waals surface area contributed by atoms with Gasteiger partial charge in [-0.3, -0.25) is 15.0 Å². The molecule has 0 aliphatic carbocycles. The molecule has 0 bridgehead atoms. The summed E-state index contributed by atoms with van der Waals surface area (Å²) < 4.78 is 57.4. The van der Waals surface area contributed by atoms with Gasteiger partial charge in [-0.25, -0.2) is 0 Å². The molecule has 0 atom stereocenters. The molecule has 48 heavy (non-hydrogen) atoms.